The Balaban J connectivity index is 2.01. The molecule has 1 aromatic rings. The highest BCUT2D eigenvalue weighted by Crippen LogP contribution is 2.23. The number of benzene rings is 1. The zero-order valence-electron chi connectivity index (χ0n) is 13.0. The van der Waals surface area contributed by atoms with Crippen LogP contribution in [0.1, 0.15) is 25.8 Å². The highest BCUT2D eigenvalue weighted by Gasteiger charge is 2.13. The summed E-state index contributed by atoms with van der Waals surface area (Å²) in [6.07, 6.45) is 0.391. The van der Waals surface area contributed by atoms with Crippen LogP contribution in [0.2, 0.25) is 0 Å². The van der Waals surface area contributed by atoms with Gasteiger partial charge in [-0.25, -0.2) is 0 Å². The molecule has 1 amide bonds. The Morgan fingerprint density at radius 2 is 2.14 bits per heavy atom. The topological polar surface area (TPSA) is 44.7 Å². The first-order valence-electron chi connectivity index (χ1n) is 7.45. The lowest BCUT2D eigenvalue weighted by molar-refractivity contribution is -0.115. The molecule has 2 rings (SSSR count). The quantitative estimate of drug-likeness (QED) is 0.877. The monoisotopic (exact) mass is 305 g/mol. The molecule has 1 heterocycles. The van der Waals surface area contributed by atoms with E-state index in [1.165, 1.54) is 5.69 Å². The molecule has 114 valence electrons. The van der Waals surface area contributed by atoms with Crippen molar-refractivity contribution in [2.24, 2.45) is 4.99 Å². The van der Waals surface area contributed by atoms with Crippen LogP contribution in [0.4, 0.5) is 11.4 Å². The molecule has 5 heteroatoms. The Morgan fingerprint density at radius 1 is 1.38 bits per heavy atom. The van der Waals surface area contributed by atoms with Crippen LogP contribution in [0.3, 0.4) is 0 Å². The standard InChI is InChI=1S/C16H23N3OS/c1-4-19(5-2)13-6-7-14(12(3)10-13)18-15(20)11-16-17-8-9-21-16/h6-7,10H,4-5,8-9,11H2,1-3H3,(H,18,20). The van der Waals surface area contributed by atoms with Crippen LogP contribution in [0.5, 0.6) is 0 Å². The molecule has 0 fully saturated rings. The molecule has 0 atom stereocenters. The molecule has 0 aromatic heterocycles. The normalized spacial score (nSPS) is 14.0. The third-order valence-electron chi connectivity index (χ3n) is 3.57. The molecule has 1 aliphatic heterocycles. The van der Waals surface area contributed by atoms with Crippen LogP contribution >= 0.6 is 11.8 Å². The summed E-state index contributed by atoms with van der Waals surface area (Å²) in [6.45, 7) is 9.13. The SMILES string of the molecule is CCN(CC)c1ccc(NC(=O)CC2=NCCS2)c(C)c1. The average Bonchev–Trinajstić information content (AvgIpc) is 2.96. The fraction of sp³-hybridized carbons (Fsp3) is 0.500. The van der Waals surface area contributed by atoms with Crippen molar-refractivity contribution in [1.29, 1.82) is 0 Å². The van der Waals surface area contributed by atoms with E-state index in [1.54, 1.807) is 11.8 Å². The number of hydrogen-bond acceptors (Lipinski definition) is 4. The Kier molecular flexibility index (Phi) is 5.67. The number of nitrogens with one attached hydrogen (secondary N) is 1. The molecule has 21 heavy (non-hydrogen) atoms. The van der Waals surface area contributed by atoms with Crippen LogP contribution in [0.15, 0.2) is 23.2 Å². The van der Waals surface area contributed by atoms with Crippen molar-refractivity contribution < 1.29 is 4.79 Å². The lowest BCUT2D eigenvalue weighted by atomic mass is 10.1. The summed E-state index contributed by atoms with van der Waals surface area (Å²) >= 11 is 1.68. The Bertz CT molecular complexity index is 538. The van der Waals surface area contributed by atoms with Gasteiger partial charge in [-0.3, -0.25) is 9.79 Å². The molecule has 4 nitrogen and oxygen atoms in total. The number of amides is 1. The van der Waals surface area contributed by atoms with E-state index in [0.717, 1.165) is 41.7 Å². The Morgan fingerprint density at radius 3 is 2.71 bits per heavy atom. The zero-order chi connectivity index (χ0) is 15.2. The second-order valence-corrected chi connectivity index (χ2v) is 6.19. The van der Waals surface area contributed by atoms with Gasteiger partial charge < -0.3 is 10.2 Å². The van der Waals surface area contributed by atoms with E-state index in [9.17, 15) is 4.79 Å². The first-order chi connectivity index (χ1) is 10.1. The number of carbonyl (C=O) groups excluding carboxylic acids is 1. The fourth-order valence-corrected chi connectivity index (χ4v) is 3.23. The van der Waals surface area contributed by atoms with Crippen LogP contribution in [-0.2, 0) is 4.79 Å². The van der Waals surface area contributed by atoms with Crippen molar-refractivity contribution in [3.8, 4) is 0 Å². The van der Waals surface area contributed by atoms with Gasteiger partial charge in [0.25, 0.3) is 0 Å². The number of anilines is 2. The van der Waals surface area contributed by atoms with Gasteiger partial charge in [0, 0.05) is 36.8 Å². The van der Waals surface area contributed by atoms with Gasteiger partial charge in [0.1, 0.15) is 0 Å². The summed E-state index contributed by atoms with van der Waals surface area (Å²) in [5.74, 6) is 1.02. The molecule has 1 aliphatic rings. The summed E-state index contributed by atoms with van der Waals surface area (Å²) < 4.78 is 0. The average molecular weight is 305 g/mol. The van der Waals surface area contributed by atoms with Crippen LogP contribution in [0, 0.1) is 6.92 Å². The van der Waals surface area contributed by atoms with Gasteiger partial charge in [0.05, 0.1) is 11.5 Å². The lowest BCUT2D eigenvalue weighted by Crippen LogP contribution is -2.22. The van der Waals surface area contributed by atoms with Crippen molar-refractivity contribution in [2.75, 3.05) is 35.6 Å². The van der Waals surface area contributed by atoms with Crippen molar-refractivity contribution in [1.82, 2.24) is 0 Å². The van der Waals surface area contributed by atoms with E-state index >= 15 is 0 Å². The maximum Gasteiger partial charge on any atom is 0.230 e. The van der Waals surface area contributed by atoms with Crippen molar-refractivity contribution >= 4 is 34.1 Å². The smallest absolute Gasteiger partial charge is 0.230 e. The first-order valence-corrected chi connectivity index (χ1v) is 8.44. The Hall–Kier alpha value is -1.49. The molecule has 0 radical (unpaired) electrons. The van der Waals surface area contributed by atoms with Crippen LogP contribution in [-0.4, -0.2) is 36.3 Å². The number of hydrogen-bond donors (Lipinski definition) is 1. The molecule has 0 saturated carbocycles. The van der Waals surface area contributed by atoms with Crippen LogP contribution < -0.4 is 10.2 Å². The van der Waals surface area contributed by atoms with Gasteiger partial charge in [-0.2, -0.15) is 0 Å². The lowest BCUT2D eigenvalue weighted by Gasteiger charge is -2.22. The van der Waals surface area contributed by atoms with E-state index in [0.29, 0.717) is 6.42 Å². The summed E-state index contributed by atoms with van der Waals surface area (Å²) in [5, 5.41) is 3.94. The number of carbonyl (C=O) groups is 1. The second-order valence-electron chi connectivity index (χ2n) is 5.02. The highest BCUT2D eigenvalue weighted by molar-refractivity contribution is 8.14. The first kappa shape index (κ1) is 15.9. The third-order valence-corrected chi connectivity index (χ3v) is 4.57. The molecule has 0 bridgehead atoms. The number of aryl methyl sites for hydroxylation is 1. The molecular weight excluding hydrogens is 282 g/mol. The van der Waals surface area contributed by atoms with E-state index in [2.05, 4.69) is 41.2 Å². The molecule has 1 aromatic carbocycles. The third kappa shape index (κ3) is 4.24. The number of thioether (sulfide) groups is 1. The fourth-order valence-electron chi connectivity index (χ4n) is 2.39. The molecule has 0 aliphatic carbocycles. The van der Waals surface area contributed by atoms with Gasteiger partial charge in [-0.1, -0.05) is 0 Å². The predicted molar refractivity (Wildman–Crippen MR) is 92.7 cm³/mol. The van der Waals surface area contributed by atoms with Crippen molar-refractivity contribution in [3.63, 3.8) is 0 Å². The Labute approximate surface area is 131 Å². The van der Waals surface area contributed by atoms with E-state index in [-0.39, 0.29) is 5.91 Å². The predicted octanol–water partition coefficient (Wildman–Crippen LogP) is 3.32. The van der Waals surface area contributed by atoms with Crippen molar-refractivity contribution in [2.45, 2.75) is 27.2 Å². The van der Waals surface area contributed by atoms with E-state index in [1.807, 2.05) is 13.0 Å². The molecule has 0 saturated heterocycles. The largest absolute Gasteiger partial charge is 0.372 e. The molecule has 0 unspecified atom stereocenters. The zero-order valence-corrected chi connectivity index (χ0v) is 13.8. The van der Waals surface area contributed by atoms with Gasteiger partial charge in [0.2, 0.25) is 5.91 Å². The van der Waals surface area contributed by atoms with Crippen LogP contribution in [0.25, 0.3) is 0 Å². The number of nitrogens with zero attached hydrogens (tertiary/aromatic N) is 2. The minimum Gasteiger partial charge on any atom is -0.372 e. The summed E-state index contributed by atoms with van der Waals surface area (Å²) in [4.78, 5) is 18.6. The number of aliphatic imine (C=N–C) groups is 1. The van der Waals surface area contributed by atoms with E-state index < -0.39 is 0 Å². The summed E-state index contributed by atoms with van der Waals surface area (Å²) in [6, 6.07) is 6.19. The van der Waals surface area contributed by atoms with Gasteiger partial charge >= 0.3 is 0 Å². The summed E-state index contributed by atoms with van der Waals surface area (Å²) in [7, 11) is 0. The second kappa shape index (κ2) is 7.50. The molecule has 0 spiro atoms. The highest BCUT2D eigenvalue weighted by atomic mass is 32.2. The van der Waals surface area contributed by atoms with Gasteiger partial charge in [-0.05, 0) is 44.5 Å². The minimum absolute atomic E-state index is 0.0156. The minimum atomic E-state index is 0.0156. The van der Waals surface area contributed by atoms with Crippen molar-refractivity contribution in [3.05, 3.63) is 23.8 Å². The molecular formula is C16H23N3OS. The maximum absolute atomic E-state index is 12.0. The molecule has 1 N–H and O–H groups in total. The summed E-state index contributed by atoms with van der Waals surface area (Å²) in [5.41, 5.74) is 3.18. The van der Waals surface area contributed by atoms with E-state index in [4.69, 9.17) is 0 Å². The van der Waals surface area contributed by atoms with Gasteiger partial charge in [-0.15, -0.1) is 11.8 Å². The maximum atomic E-state index is 12.0. The van der Waals surface area contributed by atoms with Gasteiger partial charge in [0.15, 0.2) is 0 Å². The number of rotatable bonds is 6.